The normalized spacial score (nSPS) is 13.0. The zero-order valence-electron chi connectivity index (χ0n) is 11.8. The Balaban J connectivity index is 2.58. The van der Waals surface area contributed by atoms with Crippen LogP contribution in [0.25, 0.3) is 0 Å². The van der Waals surface area contributed by atoms with E-state index in [1.807, 2.05) is 7.05 Å². The van der Waals surface area contributed by atoms with E-state index < -0.39 is 6.43 Å². The van der Waals surface area contributed by atoms with E-state index in [9.17, 15) is 8.78 Å². The van der Waals surface area contributed by atoms with Crippen LogP contribution in [0.5, 0.6) is 0 Å². The number of likely N-dealkylation sites (N-methyl/N-ethyl adjacent to an activating group) is 1. The largest absolute Gasteiger partial charge is 0.399 e. The summed E-state index contributed by atoms with van der Waals surface area (Å²) in [5, 5.41) is 3.05. The van der Waals surface area contributed by atoms with Crippen molar-refractivity contribution in [1.29, 1.82) is 0 Å². The Hall–Kier alpha value is -1.36. The van der Waals surface area contributed by atoms with Crippen LogP contribution < -0.4 is 11.1 Å². The van der Waals surface area contributed by atoms with Gasteiger partial charge in [-0.1, -0.05) is 6.92 Å². The first-order valence-corrected chi connectivity index (χ1v) is 6.57. The first-order chi connectivity index (χ1) is 8.95. The summed E-state index contributed by atoms with van der Waals surface area (Å²) >= 11 is 0. The summed E-state index contributed by atoms with van der Waals surface area (Å²) in [7, 11) is 2.03. The minimum Gasteiger partial charge on any atom is -0.399 e. The highest BCUT2D eigenvalue weighted by Crippen LogP contribution is 2.28. The van der Waals surface area contributed by atoms with Gasteiger partial charge in [0, 0.05) is 36.1 Å². The third-order valence-electron chi connectivity index (χ3n) is 3.43. The Morgan fingerprint density at radius 2 is 2.05 bits per heavy atom. The molecule has 5 heteroatoms. The molecule has 0 bridgehead atoms. The van der Waals surface area contributed by atoms with E-state index in [0.717, 1.165) is 13.0 Å². The van der Waals surface area contributed by atoms with Gasteiger partial charge in [-0.15, -0.1) is 0 Å². The highest BCUT2D eigenvalue weighted by molar-refractivity contribution is 5.58. The number of rotatable bonds is 7. The summed E-state index contributed by atoms with van der Waals surface area (Å²) in [6.45, 7) is 5.71. The first-order valence-electron chi connectivity index (χ1n) is 6.57. The molecule has 1 rings (SSSR count). The molecule has 108 valence electrons. The number of nitrogens with zero attached hydrogens (tertiary/aromatic N) is 1. The first kappa shape index (κ1) is 15.7. The van der Waals surface area contributed by atoms with Crippen molar-refractivity contribution in [2.24, 2.45) is 0 Å². The average molecular weight is 271 g/mol. The van der Waals surface area contributed by atoms with Gasteiger partial charge in [0.25, 0.3) is 6.43 Å². The van der Waals surface area contributed by atoms with Crippen LogP contribution in [0.3, 0.4) is 0 Å². The molecular formula is C14H23F2N3. The van der Waals surface area contributed by atoms with Crippen molar-refractivity contribution in [3.63, 3.8) is 0 Å². The second-order valence-corrected chi connectivity index (χ2v) is 4.81. The molecule has 3 nitrogen and oxygen atoms in total. The number of anilines is 2. The lowest BCUT2D eigenvalue weighted by Crippen LogP contribution is -2.32. The molecule has 3 N–H and O–H groups in total. The van der Waals surface area contributed by atoms with Crippen LogP contribution in [-0.4, -0.2) is 31.1 Å². The molecular weight excluding hydrogens is 248 g/mol. The van der Waals surface area contributed by atoms with Crippen molar-refractivity contribution in [3.8, 4) is 0 Å². The second-order valence-electron chi connectivity index (χ2n) is 4.81. The molecule has 0 aliphatic heterocycles. The number of halogens is 2. The van der Waals surface area contributed by atoms with E-state index in [2.05, 4.69) is 24.1 Å². The molecule has 0 spiro atoms. The van der Waals surface area contributed by atoms with Crippen molar-refractivity contribution >= 4 is 11.4 Å². The van der Waals surface area contributed by atoms with E-state index >= 15 is 0 Å². The zero-order valence-corrected chi connectivity index (χ0v) is 11.8. The van der Waals surface area contributed by atoms with Crippen LogP contribution in [0.15, 0.2) is 18.2 Å². The van der Waals surface area contributed by atoms with Gasteiger partial charge in [0.1, 0.15) is 0 Å². The minimum absolute atomic E-state index is 0.0359. The van der Waals surface area contributed by atoms with Crippen LogP contribution in [0.2, 0.25) is 0 Å². The molecule has 0 radical (unpaired) electrons. The number of nitrogens with two attached hydrogens (primary N) is 1. The fourth-order valence-electron chi connectivity index (χ4n) is 1.82. The van der Waals surface area contributed by atoms with Crippen LogP contribution in [-0.2, 0) is 0 Å². The van der Waals surface area contributed by atoms with Gasteiger partial charge in [-0.2, -0.15) is 0 Å². The average Bonchev–Trinajstić information content (AvgIpc) is 2.38. The highest BCUT2D eigenvalue weighted by Gasteiger charge is 2.13. The van der Waals surface area contributed by atoms with E-state index in [4.69, 9.17) is 5.73 Å². The Morgan fingerprint density at radius 3 is 2.63 bits per heavy atom. The Labute approximate surface area is 113 Å². The van der Waals surface area contributed by atoms with Crippen molar-refractivity contribution in [3.05, 3.63) is 23.8 Å². The van der Waals surface area contributed by atoms with Crippen molar-refractivity contribution in [2.45, 2.75) is 32.7 Å². The molecule has 1 aromatic rings. The quantitative estimate of drug-likeness (QED) is 0.747. The third kappa shape index (κ3) is 4.67. The molecule has 1 unspecified atom stereocenters. The van der Waals surface area contributed by atoms with Crippen molar-refractivity contribution in [2.75, 3.05) is 31.2 Å². The maximum atomic E-state index is 12.9. The maximum Gasteiger partial charge on any atom is 0.265 e. The van der Waals surface area contributed by atoms with E-state index in [1.165, 1.54) is 6.07 Å². The smallest absolute Gasteiger partial charge is 0.265 e. The Kier molecular flexibility index (Phi) is 6.02. The number of hydrogen-bond acceptors (Lipinski definition) is 3. The molecule has 0 heterocycles. The highest BCUT2D eigenvalue weighted by atomic mass is 19.3. The number of nitrogens with one attached hydrogen (secondary N) is 1. The number of hydrogen-bond donors (Lipinski definition) is 2. The van der Waals surface area contributed by atoms with Gasteiger partial charge in [0.2, 0.25) is 0 Å². The van der Waals surface area contributed by atoms with Gasteiger partial charge in [-0.3, -0.25) is 0 Å². The lowest BCUT2D eigenvalue weighted by atomic mass is 10.1. The molecule has 19 heavy (non-hydrogen) atoms. The second kappa shape index (κ2) is 7.28. The SMILES string of the molecule is CCC(C)N(C)CCNc1ccc(N)cc1C(F)F. The number of benzene rings is 1. The van der Waals surface area contributed by atoms with Crippen molar-refractivity contribution < 1.29 is 8.78 Å². The van der Waals surface area contributed by atoms with Crippen molar-refractivity contribution in [1.82, 2.24) is 4.90 Å². The molecule has 0 saturated carbocycles. The maximum absolute atomic E-state index is 12.9. The fraction of sp³-hybridized carbons (Fsp3) is 0.571. The monoisotopic (exact) mass is 271 g/mol. The molecule has 0 saturated heterocycles. The van der Waals surface area contributed by atoms with Gasteiger partial charge < -0.3 is 16.0 Å². The molecule has 0 fully saturated rings. The van der Waals surface area contributed by atoms with Gasteiger partial charge in [0.05, 0.1) is 0 Å². The molecule has 0 aliphatic rings. The predicted molar refractivity (Wildman–Crippen MR) is 76.7 cm³/mol. The van der Waals surface area contributed by atoms with Crippen LogP contribution >= 0.6 is 0 Å². The van der Waals surface area contributed by atoms with Gasteiger partial charge in [0.15, 0.2) is 0 Å². The Morgan fingerprint density at radius 1 is 1.37 bits per heavy atom. The lowest BCUT2D eigenvalue weighted by Gasteiger charge is -2.24. The Bertz CT molecular complexity index is 396. The third-order valence-corrected chi connectivity index (χ3v) is 3.43. The van der Waals surface area contributed by atoms with E-state index in [0.29, 0.717) is 24.0 Å². The number of alkyl halides is 2. The van der Waals surface area contributed by atoms with Gasteiger partial charge in [-0.25, -0.2) is 8.78 Å². The molecule has 1 aromatic carbocycles. The summed E-state index contributed by atoms with van der Waals surface area (Å²) in [6, 6.07) is 5.06. The summed E-state index contributed by atoms with van der Waals surface area (Å²) in [5.41, 5.74) is 6.31. The van der Waals surface area contributed by atoms with Gasteiger partial charge in [-0.05, 0) is 38.6 Å². The molecule has 0 aliphatic carbocycles. The van der Waals surface area contributed by atoms with Crippen LogP contribution in [0.1, 0.15) is 32.3 Å². The summed E-state index contributed by atoms with van der Waals surface area (Å²) in [5.74, 6) is 0. The molecule has 0 aromatic heterocycles. The standard InChI is InChI=1S/C14H23F2N3/c1-4-10(2)19(3)8-7-18-13-6-5-11(17)9-12(13)14(15)16/h5-6,9-10,14,18H,4,7-8,17H2,1-3H3. The zero-order chi connectivity index (χ0) is 14.4. The summed E-state index contributed by atoms with van der Waals surface area (Å²) in [6.07, 6.45) is -1.45. The fourth-order valence-corrected chi connectivity index (χ4v) is 1.82. The molecule has 0 amide bonds. The topological polar surface area (TPSA) is 41.3 Å². The van der Waals surface area contributed by atoms with Gasteiger partial charge >= 0.3 is 0 Å². The summed E-state index contributed by atoms with van der Waals surface area (Å²) in [4.78, 5) is 2.20. The van der Waals surface area contributed by atoms with Crippen LogP contribution in [0.4, 0.5) is 20.2 Å². The summed E-state index contributed by atoms with van der Waals surface area (Å²) < 4.78 is 25.7. The minimum atomic E-state index is -2.52. The van der Waals surface area contributed by atoms with Crippen LogP contribution in [0, 0.1) is 0 Å². The van der Waals surface area contributed by atoms with E-state index in [-0.39, 0.29) is 5.56 Å². The van der Waals surface area contributed by atoms with E-state index in [1.54, 1.807) is 12.1 Å². The number of nitrogen functional groups attached to an aromatic ring is 1. The predicted octanol–water partition coefficient (Wildman–Crippen LogP) is 3.35. The lowest BCUT2D eigenvalue weighted by molar-refractivity contribution is 0.152. The molecule has 1 atom stereocenters.